The van der Waals surface area contributed by atoms with Gasteiger partial charge in [-0.15, -0.1) is 0 Å². The van der Waals surface area contributed by atoms with Gasteiger partial charge in [-0.3, -0.25) is 8.63 Å². The van der Waals surface area contributed by atoms with Crippen molar-refractivity contribution < 1.29 is 8.63 Å². The van der Waals surface area contributed by atoms with Crippen molar-refractivity contribution in [2.75, 3.05) is 0 Å². The summed E-state index contributed by atoms with van der Waals surface area (Å²) in [7, 11) is -2.72. The highest BCUT2D eigenvalue weighted by Crippen LogP contribution is 2.41. The van der Waals surface area contributed by atoms with E-state index >= 15 is 0 Å². The fourth-order valence-corrected chi connectivity index (χ4v) is 4.81. The van der Waals surface area contributed by atoms with E-state index in [9.17, 15) is 8.63 Å². The van der Waals surface area contributed by atoms with Gasteiger partial charge in [-0.05, 0) is 68.5 Å². The highest BCUT2D eigenvalue weighted by molar-refractivity contribution is 6.44. The first-order valence-electron chi connectivity index (χ1n) is 10.9. The Morgan fingerprint density at radius 3 is 2.19 bits per heavy atom. The number of aliphatic imine (C=N–C) groups is 2. The van der Waals surface area contributed by atoms with Gasteiger partial charge in [0.2, 0.25) is 0 Å². The zero-order valence-electron chi connectivity index (χ0n) is 19.0. The molecule has 1 aliphatic heterocycles. The van der Waals surface area contributed by atoms with Gasteiger partial charge in [0.25, 0.3) is 0 Å². The summed E-state index contributed by atoms with van der Waals surface area (Å²) in [6.45, 7) is 12.3. The van der Waals surface area contributed by atoms with Crippen molar-refractivity contribution >= 4 is 35.5 Å². The van der Waals surface area contributed by atoms with Crippen molar-refractivity contribution in [1.82, 2.24) is 4.48 Å². The first-order valence-corrected chi connectivity index (χ1v) is 10.9. The van der Waals surface area contributed by atoms with Gasteiger partial charge >= 0.3 is 7.40 Å². The molecule has 0 amide bonds. The zero-order chi connectivity index (χ0) is 22.4. The van der Waals surface area contributed by atoms with Crippen molar-refractivity contribution in [3.63, 3.8) is 0 Å². The zero-order valence-corrected chi connectivity index (χ0v) is 19.0. The Morgan fingerprint density at radius 2 is 1.65 bits per heavy atom. The van der Waals surface area contributed by atoms with Gasteiger partial charge in [0.15, 0.2) is 0 Å². The average molecular weight is 419 g/mol. The number of aromatic nitrogens is 1. The predicted molar refractivity (Wildman–Crippen MR) is 128 cm³/mol. The molecule has 3 nitrogen and oxygen atoms in total. The lowest BCUT2D eigenvalue weighted by Gasteiger charge is -2.14. The third-order valence-corrected chi connectivity index (χ3v) is 6.79. The topological polar surface area (TPSA) is 29.6 Å². The van der Waals surface area contributed by atoms with Crippen LogP contribution in [0.4, 0.5) is 14.4 Å². The minimum atomic E-state index is -2.72. The Bertz CT molecular complexity index is 1200. The summed E-state index contributed by atoms with van der Waals surface area (Å²) in [5, 5.41) is 1.50. The van der Waals surface area contributed by atoms with E-state index in [4.69, 9.17) is 4.99 Å². The fraction of sp³-hybridized carbons (Fsp3) is 0.360. The first kappa shape index (κ1) is 21.5. The third-order valence-electron chi connectivity index (χ3n) is 6.79. The van der Waals surface area contributed by atoms with Crippen molar-refractivity contribution in [3.8, 4) is 11.3 Å². The lowest BCUT2D eigenvalue weighted by atomic mass is 9.90. The summed E-state index contributed by atoms with van der Waals surface area (Å²) >= 11 is 0. The molecule has 0 aliphatic carbocycles. The molecular weight excluding hydrogens is 391 g/mol. The van der Waals surface area contributed by atoms with E-state index in [2.05, 4.69) is 25.8 Å². The van der Waals surface area contributed by atoms with E-state index in [1.165, 1.54) is 5.56 Å². The molecule has 0 radical (unpaired) electrons. The molecule has 31 heavy (non-hydrogen) atoms. The van der Waals surface area contributed by atoms with Crippen LogP contribution < -0.4 is 0 Å². The van der Waals surface area contributed by atoms with Crippen molar-refractivity contribution in [2.24, 2.45) is 21.8 Å². The number of benzene rings is 2. The van der Waals surface area contributed by atoms with Crippen LogP contribution in [0.3, 0.4) is 0 Å². The molecule has 0 fully saturated rings. The van der Waals surface area contributed by atoms with Crippen LogP contribution in [0.15, 0.2) is 46.4 Å². The molecule has 1 aliphatic rings. The number of fused-ring (bicyclic) bond motifs is 1. The summed E-state index contributed by atoms with van der Waals surface area (Å²) in [5.41, 5.74) is 5.68. The van der Waals surface area contributed by atoms with E-state index in [-0.39, 0.29) is 11.7 Å². The summed E-state index contributed by atoms with van der Waals surface area (Å²) in [6, 6.07) is 11.5. The summed E-state index contributed by atoms with van der Waals surface area (Å²) < 4.78 is 30.2. The molecule has 1 aromatic heterocycles. The number of hydrogen-bond acceptors (Lipinski definition) is 1. The first-order chi connectivity index (χ1) is 14.7. The molecule has 2 aromatic carbocycles. The number of hydrogen-bond donors (Lipinski definition) is 0. The normalized spacial score (nSPS) is 20.0. The number of aryl methyl sites for hydroxylation is 2. The average Bonchev–Trinajstić information content (AvgIpc) is 3.20. The third kappa shape index (κ3) is 3.52. The second-order valence-corrected chi connectivity index (χ2v) is 8.63. The fourth-order valence-electron chi connectivity index (χ4n) is 4.81. The largest absolute Gasteiger partial charge is 0.679 e. The molecule has 2 atom stereocenters. The number of amidine groups is 1. The Kier molecular flexibility index (Phi) is 5.59. The standard InChI is InChI=1S/C25H28BF2N3/c1-7-20-17(5)24(29-18(20)6)30-25-22-11-9-8-10-21(22)23(31(25)26(27)28)19-12-14(2)16(4)15(3)13-19/h8-13,17,20H,7H2,1-6H3/b30-24-. The molecular formula is C25H28BF2N3. The summed E-state index contributed by atoms with van der Waals surface area (Å²) in [5.74, 6) is 1.34. The quantitative estimate of drug-likeness (QED) is 0.401. The van der Waals surface area contributed by atoms with Crippen LogP contribution in [0, 0.1) is 32.6 Å². The molecule has 0 spiro atoms. The molecule has 6 heteroatoms. The Hall–Kier alpha value is -2.76. The van der Waals surface area contributed by atoms with Gasteiger partial charge in [0.05, 0.1) is 5.69 Å². The maximum Gasteiger partial charge on any atom is 0.679 e. The van der Waals surface area contributed by atoms with Gasteiger partial charge in [-0.1, -0.05) is 38.1 Å². The molecule has 2 unspecified atom stereocenters. The summed E-state index contributed by atoms with van der Waals surface area (Å²) in [4.78, 5) is 9.41. The minimum Gasteiger partial charge on any atom is -0.309 e. The lowest BCUT2D eigenvalue weighted by Crippen LogP contribution is -2.17. The molecule has 0 saturated carbocycles. The second-order valence-electron chi connectivity index (χ2n) is 8.63. The van der Waals surface area contributed by atoms with E-state index < -0.39 is 7.40 Å². The number of nitrogens with zero attached hydrogens (tertiary/aromatic N) is 3. The minimum absolute atomic E-state index is 0.108. The van der Waals surface area contributed by atoms with Crippen LogP contribution in [0.5, 0.6) is 0 Å². The number of halogens is 2. The van der Waals surface area contributed by atoms with Gasteiger partial charge in [-0.2, -0.15) is 0 Å². The highest BCUT2D eigenvalue weighted by atomic mass is 19.2. The van der Waals surface area contributed by atoms with E-state index in [1.54, 1.807) is 0 Å². The predicted octanol–water partition coefficient (Wildman–Crippen LogP) is 7.17. The van der Waals surface area contributed by atoms with Gasteiger partial charge in [0, 0.05) is 28.3 Å². The van der Waals surface area contributed by atoms with E-state index in [0.717, 1.165) is 44.1 Å². The maximum absolute atomic E-state index is 14.5. The molecule has 4 rings (SSSR count). The van der Waals surface area contributed by atoms with Crippen LogP contribution in [0.2, 0.25) is 0 Å². The van der Waals surface area contributed by atoms with Crippen LogP contribution in [-0.2, 0) is 0 Å². The van der Waals surface area contributed by atoms with Crippen LogP contribution >= 0.6 is 0 Å². The van der Waals surface area contributed by atoms with E-state index in [0.29, 0.717) is 17.4 Å². The highest BCUT2D eigenvalue weighted by Gasteiger charge is 2.32. The lowest BCUT2D eigenvalue weighted by molar-refractivity contribution is 0.568. The summed E-state index contributed by atoms with van der Waals surface area (Å²) in [6.07, 6.45) is 0.958. The Labute approximate surface area is 183 Å². The van der Waals surface area contributed by atoms with Gasteiger partial charge in [0.1, 0.15) is 11.7 Å². The van der Waals surface area contributed by atoms with Crippen LogP contribution in [0.1, 0.15) is 43.9 Å². The van der Waals surface area contributed by atoms with Gasteiger partial charge < -0.3 is 4.48 Å². The van der Waals surface area contributed by atoms with Crippen molar-refractivity contribution in [3.05, 3.63) is 53.1 Å². The van der Waals surface area contributed by atoms with Crippen LogP contribution in [0.25, 0.3) is 22.0 Å². The molecule has 160 valence electrons. The Balaban J connectivity index is 2.03. The molecule has 2 heterocycles. The molecule has 0 N–H and O–H groups in total. The smallest absolute Gasteiger partial charge is 0.309 e. The number of rotatable bonds is 4. The molecule has 3 aromatic rings. The second kappa shape index (κ2) is 8.06. The maximum atomic E-state index is 14.5. The van der Waals surface area contributed by atoms with Crippen molar-refractivity contribution in [1.29, 1.82) is 0 Å². The Morgan fingerprint density at radius 1 is 1.03 bits per heavy atom. The molecule has 0 saturated heterocycles. The van der Waals surface area contributed by atoms with Crippen molar-refractivity contribution in [2.45, 2.75) is 48.0 Å². The van der Waals surface area contributed by atoms with Gasteiger partial charge in [-0.25, -0.2) is 9.98 Å². The van der Waals surface area contributed by atoms with Crippen LogP contribution in [-0.4, -0.2) is 23.4 Å². The molecule has 0 bridgehead atoms. The monoisotopic (exact) mass is 419 g/mol. The SMILES string of the molecule is CCC1C(C)=N/C(=N\c2c3ccccc3c(-c3cc(C)c(C)c(C)c3)n2B(F)F)C1C. The van der Waals surface area contributed by atoms with E-state index in [1.807, 2.05) is 57.2 Å².